The minimum Gasteiger partial charge on any atom is -0.462 e. The summed E-state index contributed by atoms with van der Waals surface area (Å²) in [6.07, 6.45) is 3.30. The molecule has 0 unspecified atom stereocenters. The zero-order chi connectivity index (χ0) is 15.1. The Hall–Kier alpha value is -1.85. The molecular weight excluding hydrogens is 268 g/mol. The van der Waals surface area contributed by atoms with Gasteiger partial charge in [-0.3, -0.25) is 4.79 Å². The molecular formula is C16H22N2O3. The number of hydrogen-bond acceptors (Lipinski definition) is 4. The van der Waals surface area contributed by atoms with E-state index >= 15 is 0 Å². The zero-order valence-corrected chi connectivity index (χ0v) is 12.3. The fourth-order valence-corrected chi connectivity index (χ4v) is 2.18. The average Bonchev–Trinajstić information content (AvgIpc) is 2.90. The summed E-state index contributed by atoms with van der Waals surface area (Å²) in [5.74, 6) is -0.389. The van der Waals surface area contributed by atoms with E-state index in [1.165, 1.54) is 0 Å². The number of benzene rings is 1. The van der Waals surface area contributed by atoms with Crippen molar-refractivity contribution in [3.8, 4) is 0 Å². The Morgan fingerprint density at radius 3 is 2.90 bits per heavy atom. The molecule has 0 fully saturated rings. The lowest BCUT2D eigenvalue weighted by molar-refractivity contribution is -0.146. The number of ether oxygens (including phenoxy) is 2. The summed E-state index contributed by atoms with van der Waals surface area (Å²) in [5.41, 5.74) is 7.98. The lowest BCUT2D eigenvalue weighted by atomic mass is 10.1. The van der Waals surface area contributed by atoms with Gasteiger partial charge in [0.05, 0.1) is 6.61 Å². The average molecular weight is 290 g/mol. The molecule has 0 aliphatic carbocycles. The molecule has 3 N–H and O–H groups in total. The molecule has 0 spiro atoms. The largest absolute Gasteiger partial charge is 0.462 e. The number of hydrogen-bond donors (Lipinski definition) is 2. The number of nitrogens with one attached hydrogen (secondary N) is 1. The second-order valence-corrected chi connectivity index (χ2v) is 4.95. The van der Waals surface area contributed by atoms with Crippen molar-refractivity contribution in [1.82, 2.24) is 4.98 Å². The smallest absolute Gasteiger partial charge is 0.323 e. The van der Waals surface area contributed by atoms with Gasteiger partial charge < -0.3 is 20.2 Å². The standard InChI is InChI=1S/C16H22N2O3/c1-2-7-20-8-9-21-16(19)14(17)10-12-11-18-15-6-4-3-5-13(12)15/h3-6,11,14,18H,2,7-10,17H2,1H3/t14-/m0/s1. The zero-order valence-electron chi connectivity index (χ0n) is 12.3. The van der Waals surface area contributed by atoms with Crippen LogP contribution in [0.25, 0.3) is 10.9 Å². The highest BCUT2D eigenvalue weighted by atomic mass is 16.6. The number of nitrogens with two attached hydrogens (primary N) is 1. The summed E-state index contributed by atoms with van der Waals surface area (Å²) in [5, 5.41) is 1.09. The minimum atomic E-state index is -0.657. The summed E-state index contributed by atoms with van der Waals surface area (Å²) in [6.45, 7) is 3.38. The predicted octanol–water partition coefficient (Wildman–Crippen LogP) is 2.01. The Kier molecular flexibility index (Phi) is 5.78. The molecule has 2 rings (SSSR count). The third-order valence-electron chi connectivity index (χ3n) is 3.24. The minimum absolute atomic E-state index is 0.250. The first-order valence-electron chi connectivity index (χ1n) is 7.27. The van der Waals surface area contributed by atoms with Crippen LogP contribution in [0.3, 0.4) is 0 Å². The lowest BCUT2D eigenvalue weighted by Crippen LogP contribution is -2.35. The summed E-state index contributed by atoms with van der Waals surface area (Å²) >= 11 is 0. The van der Waals surface area contributed by atoms with Crippen LogP contribution >= 0.6 is 0 Å². The quantitative estimate of drug-likeness (QED) is 0.576. The van der Waals surface area contributed by atoms with Crippen molar-refractivity contribution in [3.63, 3.8) is 0 Å². The molecule has 114 valence electrons. The van der Waals surface area contributed by atoms with Crippen LogP contribution in [0.15, 0.2) is 30.5 Å². The van der Waals surface area contributed by atoms with Crippen molar-refractivity contribution in [2.45, 2.75) is 25.8 Å². The molecule has 0 saturated carbocycles. The molecule has 2 aromatic rings. The van der Waals surface area contributed by atoms with Crippen molar-refractivity contribution < 1.29 is 14.3 Å². The van der Waals surface area contributed by atoms with Crippen LogP contribution in [-0.2, 0) is 20.7 Å². The number of esters is 1. The van der Waals surface area contributed by atoms with Crippen LogP contribution in [0.4, 0.5) is 0 Å². The van der Waals surface area contributed by atoms with Crippen LogP contribution in [0.2, 0.25) is 0 Å². The van der Waals surface area contributed by atoms with Gasteiger partial charge in [-0.25, -0.2) is 0 Å². The summed E-state index contributed by atoms with van der Waals surface area (Å²) in [4.78, 5) is 15.0. The number of para-hydroxylation sites is 1. The first kappa shape index (κ1) is 15.5. The van der Waals surface area contributed by atoms with Gasteiger partial charge in [0, 0.05) is 30.1 Å². The van der Waals surface area contributed by atoms with Gasteiger partial charge in [-0.15, -0.1) is 0 Å². The topological polar surface area (TPSA) is 77.3 Å². The molecule has 1 atom stereocenters. The maximum atomic E-state index is 11.8. The Balaban J connectivity index is 1.83. The van der Waals surface area contributed by atoms with E-state index in [1.807, 2.05) is 37.4 Å². The summed E-state index contributed by atoms with van der Waals surface area (Å²) in [6, 6.07) is 7.28. The molecule has 1 aromatic carbocycles. The Labute approximate surface area is 124 Å². The molecule has 0 amide bonds. The van der Waals surface area contributed by atoms with Gasteiger partial charge in [0.1, 0.15) is 12.6 Å². The summed E-state index contributed by atoms with van der Waals surface area (Å²) in [7, 11) is 0. The number of rotatable bonds is 8. The van der Waals surface area contributed by atoms with Gasteiger partial charge in [0.2, 0.25) is 0 Å². The van der Waals surface area contributed by atoms with Crippen molar-refractivity contribution in [2.75, 3.05) is 19.8 Å². The van der Waals surface area contributed by atoms with E-state index in [2.05, 4.69) is 4.98 Å². The maximum absolute atomic E-state index is 11.8. The molecule has 0 radical (unpaired) electrons. The molecule has 0 aliphatic rings. The first-order chi connectivity index (χ1) is 10.2. The SMILES string of the molecule is CCCOCCOC(=O)[C@@H](N)Cc1c[nH]c2ccccc12. The highest BCUT2D eigenvalue weighted by Gasteiger charge is 2.17. The number of aromatic amines is 1. The van der Waals surface area contributed by atoms with Gasteiger partial charge >= 0.3 is 5.97 Å². The van der Waals surface area contributed by atoms with Crippen LogP contribution in [0.5, 0.6) is 0 Å². The number of carbonyl (C=O) groups is 1. The maximum Gasteiger partial charge on any atom is 0.323 e. The Morgan fingerprint density at radius 1 is 1.29 bits per heavy atom. The lowest BCUT2D eigenvalue weighted by Gasteiger charge is -2.11. The molecule has 0 aliphatic heterocycles. The van der Waals surface area contributed by atoms with Crippen LogP contribution < -0.4 is 5.73 Å². The third-order valence-corrected chi connectivity index (χ3v) is 3.24. The summed E-state index contributed by atoms with van der Waals surface area (Å²) < 4.78 is 10.4. The molecule has 21 heavy (non-hydrogen) atoms. The predicted molar refractivity (Wildman–Crippen MR) is 82.0 cm³/mol. The molecule has 5 nitrogen and oxygen atoms in total. The fraction of sp³-hybridized carbons (Fsp3) is 0.438. The molecule has 1 aromatic heterocycles. The van der Waals surface area contributed by atoms with Gasteiger partial charge in [0.25, 0.3) is 0 Å². The van der Waals surface area contributed by atoms with E-state index in [9.17, 15) is 4.79 Å². The van der Waals surface area contributed by atoms with Crippen LogP contribution in [0.1, 0.15) is 18.9 Å². The van der Waals surface area contributed by atoms with Gasteiger partial charge in [-0.05, 0) is 18.1 Å². The fourth-order valence-electron chi connectivity index (χ4n) is 2.18. The van der Waals surface area contributed by atoms with Gasteiger partial charge in [-0.1, -0.05) is 25.1 Å². The van der Waals surface area contributed by atoms with E-state index in [1.54, 1.807) is 0 Å². The molecule has 0 saturated heterocycles. The number of aromatic nitrogens is 1. The number of fused-ring (bicyclic) bond motifs is 1. The monoisotopic (exact) mass is 290 g/mol. The Bertz CT molecular complexity index is 580. The second kappa shape index (κ2) is 7.81. The first-order valence-corrected chi connectivity index (χ1v) is 7.27. The van der Waals surface area contributed by atoms with Crippen molar-refractivity contribution in [1.29, 1.82) is 0 Å². The van der Waals surface area contributed by atoms with E-state index in [4.69, 9.17) is 15.2 Å². The highest BCUT2D eigenvalue weighted by Crippen LogP contribution is 2.18. The van der Waals surface area contributed by atoms with Gasteiger partial charge in [-0.2, -0.15) is 0 Å². The normalized spacial score (nSPS) is 12.5. The molecule has 0 bridgehead atoms. The van der Waals surface area contributed by atoms with E-state index in [0.29, 0.717) is 19.6 Å². The van der Waals surface area contributed by atoms with Crippen LogP contribution in [-0.4, -0.2) is 36.8 Å². The molecule has 5 heteroatoms. The third kappa shape index (κ3) is 4.31. The van der Waals surface area contributed by atoms with E-state index in [-0.39, 0.29) is 12.6 Å². The molecule has 1 heterocycles. The number of carbonyl (C=O) groups excluding carboxylic acids is 1. The van der Waals surface area contributed by atoms with Crippen molar-refractivity contribution >= 4 is 16.9 Å². The number of H-pyrrole nitrogens is 1. The second-order valence-electron chi connectivity index (χ2n) is 4.95. The van der Waals surface area contributed by atoms with Crippen molar-refractivity contribution in [2.24, 2.45) is 5.73 Å². The van der Waals surface area contributed by atoms with E-state index in [0.717, 1.165) is 22.9 Å². The van der Waals surface area contributed by atoms with E-state index < -0.39 is 6.04 Å². The van der Waals surface area contributed by atoms with Gasteiger partial charge in [0.15, 0.2) is 0 Å². The van der Waals surface area contributed by atoms with Crippen LogP contribution in [0, 0.1) is 0 Å². The van der Waals surface area contributed by atoms with Crippen molar-refractivity contribution in [3.05, 3.63) is 36.0 Å². The highest BCUT2D eigenvalue weighted by molar-refractivity contribution is 5.84. The Morgan fingerprint density at radius 2 is 2.10 bits per heavy atom.